The minimum absolute atomic E-state index is 0.0290. The minimum atomic E-state index is -1.57. The standard InChI is InChI=1S/C21H20O10/c1-8-18(26)19(27)20(28)21(29-8)30-10-5-13(24)17-14(25)7-15(31-16(17)6-10)9-2-3-11(22)12(23)4-9/h2-8,18-24,26-28H,1H3/t8-,18-,19-,20-,21+/m0/s1. The normalized spacial score (nSPS) is 26.1. The average molecular weight is 432 g/mol. The quantitative estimate of drug-likeness (QED) is 0.325. The smallest absolute Gasteiger partial charge is 0.229 e. The number of aliphatic hydroxyl groups excluding tert-OH is 3. The molecule has 6 N–H and O–H groups in total. The first kappa shape index (κ1) is 20.9. The zero-order chi connectivity index (χ0) is 22.4. The summed E-state index contributed by atoms with van der Waals surface area (Å²) in [6, 6.07) is 7.41. The summed E-state index contributed by atoms with van der Waals surface area (Å²) in [7, 11) is 0. The van der Waals surface area contributed by atoms with Crippen molar-refractivity contribution in [3.8, 4) is 34.3 Å². The SMILES string of the molecule is C[C@@H]1O[C@H](Oc2cc(O)c3c(=O)cc(-c4ccc(O)c(O)c4)oc3c2)[C@@H](O)[C@@H](O)[C@H]1O. The highest BCUT2D eigenvalue weighted by Gasteiger charge is 2.43. The van der Waals surface area contributed by atoms with E-state index in [1.54, 1.807) is 0 Å². The summed E-state index contributed by atoms with van der Waals surface area (Å²) in [5.41, 5.74) is -0.310. The van der Waals surface area contributed by atoms with Gasteiger partial charge < -0.3 is 44.5 Å². The number of fused-ring (bicyclic) bond motifs is 1. The van der Waals surface area contributed by atoms with Crippen molar-refractivity contribution in [3.05, 3.63) is 46.6 Å². The summed E-state index contributed by atoms with van der Waals surface area (Å²) in [6.45, 7) is 1.49. The molecule has 0 unspecified atom stereocenters. The lowest BCUT2D eigenvalue weighted by Crippen LogP contribution is -2.58. The number of phenolic OH excluding ortho intramolecular Hbond substituents is 3. The van der Waals surface area contributed by atoms with Gasteiger partial charge in [-0.1, -0.05) is 0 Å². The number of rotatable bonds is 3. The molecule has 4 rings (SSSR count). The van der Waals surface area contributed by atoms with Crippen molar-refractivity contribution in [1.82, 2.24) is 0 Å². The first-order chi connectivity index (χ1) is 14.7. The fourth-order valence-corrected chi connectivity index (χ4v) is 3.38. The second-order valence-corrected chi connectivity index (χ2v) is 7.29. The summed E-state index contributed by atoms with van der Waals surface area (Å²) in [5.74, 6) is -1.16. The molecule has 0 radical (unpaired) electrons. The lowest BCUT2D eigenvalue weighted by Gasteiger charge is -2.38. The topological polar surface area (TPSA) is 170 Å². The van der Waals surface area contributed by atoms with Crippen molar-refractivity contribution < 1.29 is 44.5 Å². The Labute approximate surface area is 174 Å². The second kappa shape index (κ2) is 7.75. The van der Waals surface area contributed by atoms with Crippen molar-refractivity contribution >= 4 is 11.0 Å². The molecule has 1 fully saturated rings. The molecule has 1 aromatic heterocycles. The van der Waals surface area contributed by atoms with Crippen LogP contribution in [-0.4, -0.2) is 61.3 Å². The predicted molar refractivity (Wildman–Crippen MR) is 106 cm³/mol. The van der Waals surface area contributed by atoms with Crippen LogP contribution < -0.4 is 10.2 Å². The van der Waals surface area contributed by atoms with Crippen LogP contribution in [0.1, 0.15) is 6.92 Å². The van der Waals surface area contributed by atoms with Crippen LogP contribution in [0.5, 0.6) is 23.0 Å². The molecule has 0 saturated carbocycles. The lowest BCUT2D eigenvalue weighted by molar-refractivity contribution is -0.268. The number of aromatic hydroxyl groups is 3. The average Bonchev–Trinajstić information content (AvgIpc) is 2.71. The van der Waals surface area contributed by atoms with Gasteiger partial charge in [0.2, 0.25) is 6.29 Å². The van der Waals surface area contributed by atoms with Crippen LogP contribution >= 0.6 is 0 Å². The third-order valence-corrected chi connectivity index (χ3v) is 5.10. The van der Waals surface area contributed by atoms with Crippen molar-refractivity contribution in [1.29, 1.82) is 0 Å². The molecule has 0 amide bonds. The number of hydrogen-bond acceptors (Lipinski definition) is 10. The molecule has 0 spiro atoms. The monoisotopic (exact) mass is 432 g/mol. The molecule has 3 aromatic rings. The van der Waals surface area contributed by atoms with E-state index >= 15 is 0 Å². The fourth-order valence-electron chi connectivity index (χ4n) is 3.38. The maximum atomic E-state index is 12.5. The van der Waals surface area contributed by atoms with Gasteiger partial charge in [-0.2, -0.15) is 0 Å². The summed E-state index contributed by atoms with van der Waals surface area (Å²) in [4.78, 5) is 12.5. The molecule has 164 valence electrons. The van der Waals surface area contributed by atoms with Gasteiger partial charge in [-0.3, -0.25) is 4.79 Å². The number of benzene rings is 2. The van der Waals surface area contributed by atoms with Crippen LogP contribution in [0.3, 0.4) is 0 Å². The van der Waals surface area contributed by atoms with E-state index in [-0.39, 0.29) is 28.2 Å². The van der Waals surface area contributed by atoms with Gasteiger partial charge in [0.05, 0.1) is 6.10 Å². The predicted octanol–water partition coefficient (Wildman–Crippen LogP) is 0.783. The molecular weight excluding hydrogens is 412 g/mol. The van der Waals surface area contributed by atoms with E-state index < -0.39 is 47.6 Å². The maximum absolute atomic E-state index is 12.5. The summed E-state index contributed by atoms with van der Waals surface area (Å²) >= 11 is 0. The Morgan fingerprint density at radius 1 is 0.871 bits per heavy atom. The third-order valence-electron chi connectivity index (χ3n) is 5.10. The van der Waals surface area contributed by atoms with Crippen LogP contribution in [0.15, 0.2) is 45.6 Å². The van der Waals surface area contributed by atoms with Crippen LogP contribution in [0, 0.1) is 0 Å². The van der Waals surface area contributed by atoms with Gasteiger partial charge in [-0.25, -0.2) is 0 Å². The van der Waals surface area contributed by atoms with E-state index in [4.69, 9.17) is 13.9 Å². The highest BCUT2D eigenvalue weighted by atomic mass is 16.7. The maximum Gasteiger partial charge on any atom is 0.229 e. The molecule has 1 aliphatic heterocycles. The summed E-state index contributed by atoms with van der Waals surface area (Å²) < 4.78 is 16.6. The van der Waals surface area contributed by atoms with Gasteiger partial charge in [0, 0.05) is 23.8 Å². The minimum Gasteiger partial charge on any atom is -0.507 e. The zero-order valence-corrected chi connectivity index (χ0v) is 16.2. The highest BCUT2D eigenvalue weighted by molar-refractivity contribution is 5.86. The Bertz CT molecular complexity index is 1190. The van der Waals surface area contributed by atoms with Gasteiger partial charge >= 0.3 is 0 Å². The van der Waals surface area contributed by atoms with E-state index in [1.807, 2.05) is 0 Å². The largest absolute Gasteiger partial charge is 0.507 e. The first-order valence-electron chi connectivity index (χ1n) is 9.35. The van der Waals surface area contributed by atoms with Crippen LogP contribution in [-0.2, 0) is 4.74 Å². The molecular formula is C21H20O10. The van der Waals surface area contributed by atoms with Crippen molar-refractivity contribution in [2.75, 3.05) is 0 Å². The van der Waals surface area contributed by atoms with Crippen molar-refractivity contribution in [3.63, 3.8) is 0 Å². The molecule has 0 bridgehead atoms. The van der Waals surface area contributed by atoms with Gasteiger partial charge in [0.15, 0.2) is 16.9 Å². The molecule has 2 aromatic carbocycles. The van der Waals surface area contributed by atoms with Gasteiger partial charge in [-0.05, 0) is 25.1 Å². The van der Waals surface area contributed by atoms with Crippen LogP contribution in [0.25, 0.3) is 22.3 Å². The van der Waals surface area contributed by atoms with E-state index in [0.29, 0.717) is 5.56 Å². The Morgan fingerprint density at radius 3 is 2.32 bits per heavy atom. The molecule has 2 heterocycles. The second-order valence-electron chi connectivity index (χ2n) is 7.29. The number of aliphatic hydroxyl groups is 3. The number of phenols is 3. The van der Waals surface area contributed by atoms with Crippen LogP contribution in [0.4, 0.5) is 0 Å². The fraction of sp³-hybridized carbons (Fsp3) is 0.286. The van der Waals surface area contributed by atoms with Gasteiger partial charge in [0.1, 0.15) is 46.5 Å². The van der Waals surface area contributed by atoms with Crippen molar-refractivity contribution in [2.24, 2.45) is 0 Å². The molecule has 10 nitrogen and oxygen atoms in total. The summed E-state index contributed by atoms with van der Waals surface area (Å²) in [5, 5.41) is 59.2. The molecule has 31 heavy (non-hydrogen) atoms. The number of hydrogen-bond donors (Lipinski definition) is 6. The Morgan fingerprint density at radius 2 is 1.61 bits per heavy atom. The first-order valence-corrected chi connectivity index (χ1v) is 9.35. The van der Waals surface area contributed by atoms with E-state index in [0.717, 1.165) is 12.1 Å². The van der Waals surface area contributed by atoms with E-state index in [9.17, 15) is 35.4 Å². The molecule has 10 heteroatoms. The van der Waals surface area contributed by atoms with Gasteiger partial charge in [0.25, 0.3) is 0 Å². The molecule has 1 saturated heterocycles. The number of ether oxygens (including phenoxy) is 2. The molecule has 0 aliphatic carbocycles. The molecule has 1 aliphatic rings. The third kappa shape index (κ3) is 3.77. The Kier molecular flexibility index (Phi) is 5.23. The van der Waals surface area contributed by atoms with E-state index in [2.05, 4.69) is 0 Å². The Hall–Kier alpha value is -3.31. The van der Waals surface area contributed by atoms with Crippen molar-refractivity contribution in [2.45, 2.75) is 37.6 Å². The Balaban J connectivity index is 1.73. The molecule has 5 atom stereocenters. The summed E-state index contributed by atoms with van der Waals surface area (Å²) in [6.07, 6.45) is -6.56. The highest BCUT2D eigenvalue weighted by Crippen LogP contribution is 2.35. The zero-order valence-electron chi connectivity index (χ0n) is 16.2. The van der Waals surface area contributed by atoms with Gasteiger partial charge in [-0.15, -0.1) is 0 Å². The lowest BCUT2D eigenvalue weighted by atomic mass is 10.00. The van der Waals surface area contributed by atoms with Crippen LogP contribution in [0.2, 0.25) is 0 Å². The van der Waals surface area contributed by atoms with E-state index in [1.165, 1.54) is 31.2 Å².